The van der Waals surface area contributed by atoms with Gasteiger partial charge in [0.2, 0.25) is 0 Å². The lowest BCUT2D eigenvalue weighted by molar-refractivity contribution is 0.00118. The van der Waals surface area contributed by atoms with E-state index in [0.717, 1.165) is 25.0 Å². The molecule has 3 nitrogen and oxygen atoms in total. The minimum atomic E-state index is 0.489. The predicted molar refractivity (Wildman–Crippen MR) is 66.6 cm³/mol. The van der Waals surface area contributed by atoms with E-state index in [4.69, 9.17) is 4.74 Å². The molecule has 16 heavy (non-hydrogen) atoms. The van der Waals surface area contributed by atoms with E-state index in [2.05, 4.69) is 24.1 Å². The zero-order valence-electron chi connectivity index (χ0n) is 10.7. The Labute approximate surface area is 99.5 Å². The van der Waals surface area contributed by atoms with Crippen molar-refractivity contribution >= 4 is 0 Å². The third kappa shape index (κ3) is 3.19. The van der Waals surface area contributed by atoms with Gasteiger partial charge >= 0.3 is 0 Å². The van der Waals surface area contributed by atoms with Gasteiger partial charge < -0.3 is 15.0 Å². The van der Waals surface area contributed by atoms with Gasteiger partial charge in [-0.3, -0.25) is 0 Å². The smallest absolute Gasteiger partial charge is 0.0702 e. The van der Waals surface area contributed by atoms with Gasteiger partial charge in [-0.05, 0) is 51.2 Å². The first-order valence-corrected chi connectivity index (χ1v) is 6.84. The Morgan fingerprint density at radius 3 is 2.94 bits per heavy atom. The second-order valence-corrected chi connectivity index (χ2v) is 5.37. The highest BCUT2D eigenvalue weighted by Gasteiger charge is 2.27. The zero-order valence-corrected chi connectivity index (χ0v) is 10.7. The number of hydrogen-bond acceptors (Lipinski definition) is 3. The van der Waals surface area contributed by atoms with Crippen molar-refractivity contribution in [2.24, 2.45) is 11.8 Å². The van der Waals surface area contributed by atoms with Gasteiger partial charge in [0, 0.05) is 19.7 Å². The Balaban J connectivity index is 1.76. The van der Waals surface area contributed by atoms with Crippen molar-refractivity contribution in [3.05, 3.63) is 0 Å². The quantitative estimate of drug-likeness (QED) is 0.783. The largest absolute Gasteiger partial charge is 0.377 e. The van der Waals surface area contributed by atoms with Crippen molar-refractivity contribution in [3.63, 3.8) is 0 Å². The summed E-state index contributed by atoms with van der Waals surface area (Å²) in [4.78, 5) is 2.61. The van der Waals surface area contributed by atoms with E-state index in [1.54, 1.807) is 0 Å². The van der Waals surface area contributed by atoms with Gasteiger partial charge in [-0.15, -0.1) is 0 Å². The summed E-state index contributed by atoms with van der Waals surface area (Å²) in [5.41, 5.74) is 0. The molecule has 2 heterocycles. The number of piperidine rings is 1. The third-order valence-electron chi connectivity index (χ3n) is 4.03. The van der Waals surface area contributed by atoms with E-state index in [-0.39, 0.29) is 0 Å². The number of nitrogens with one attached hydrogen (secondary N) is 1. The first-order valence-electron chi connectivity index (χ1n) is 6.84. The summed E-state index contributed by atoms with van der Waals surface area (Å²) in [6.45, 7) is 11.4. The number of hydrogen-bond donors (Lipinski definition) is 1. The number of nitrogens with zero attached hydrogens (tertiary/aromatic N) is 1. The summed E-state index contributed by atoms with van der Waals surface area (Å²) in [5.74, 6) is 1.69. The Hall–Kier alpha value is -0.120. The van der Waals surface area contributed by atoms with Gasteiger partial charge in [-0.25, -0.2) is 0 Å². The molecule has 0 aliphatic carbocycles. The Bertz CT molecular complexity index is 208. The van der Waals surface area contributed by atoms with E-state index in [9.17, 15) is 0 Å². The van der Waals surface area contributed by atoms with Crippen molar-refractivity contribution in [2.75, 3.05) is 39.3 Å². The molecule has 2 rings (SSSR count). The van der Waals surface area contributed by atoms with Gasteiger partial charge in [0.1, 0.15) is 0 Å². The molecule has 0 aromatic heterocycles. The zero-order chi connectivity index (χ0) is 11.4. The summed E-state index contributed by atoms with van der Waals surface area (Å²) in [5, 5.41) is 3.49. The molecular weight excluding hydrogens is 200 g/mol. The normalized spacial score (nSPS) is 36.8. The molecule has 0 radical (unpaired) electrons. The van der Waals surface area contributed by atoms with Gasteiger partial charge in [0.05, 0.1) is 6.10 Å². The van der Waals surface area contributed by atoms with Crippen LogP contribution in [0.5, 0.6) is 0 Å². The number of likely N-dealkylation sites (tertiary alicyclic amines) is 1. The molecule has 2 aliphatic rings. The van der Waals surface area contributed by atoms with Crippen LogP contribution in [0.25, 0.3) is 0 Å². The fraction of sp³-hybridized carbons (Fsp3) is 1.00. The standard InChI is InChI=1S/C13H26N2O/c1-3-16-13-5-4-6-15(10-13)9-12-8-14-7-11(12)2/h11-14H,3-10H2,1-2H3/t11-,12+,13?/m1/s1. The van der Waals surface area contributed by atoms with E-state index >= 15 is 0 Å². The van der Waals surface area contributed by atoms with Gasteiger partial charge in [0.15, 0.2) is 0 Å². The topological polar surface area (TPSA) is 24.5 Å². The van der Waals surface area contributed by atoms with Gasteiger partial charge in [0.25, 0.3) is 0 Å². The van der Waals surface area contributed by atoms with Crippen LogP contribution < -0.4 is 5.32 Å². The van der Waals surface area contributed by atoms with Crippen molar-refractivity contribution in [1.29, 1.82) is 0 Å². The van der Waals surface area contributed by atoms with Crippen LogP contribution in [0.4, 0.5) is 0 Å². The molecular formula is C13H26N2O. The predicted octanol–water partition coefficient (Wildman–Crippen LogP) is 1.34. The fourth-order valence-corrected chi connectivity index (χ4v) is 2.99. The van der Waals surface area contributed by atoms with Crippen LogP contribution in [0.2, 0.25) is 0 Å². The molecule has 3 atom stereocenters. The van der Waals surface area contributed by atoms with Crippen molar-refractivity contribution in [2.45, 2.75) is 32.8 Å². The van der Waals surface area contributed by atoms with Crippen LogP contribution in [-0.2, 0) is 4.74 Å². The Kier molecular flexibility index (Phi) is 4.62. The molecule has 2 fully saturated rings. The summed E-state index contributed by atoms with van der Waals surface area (Å²) < 4.78 is 5.75. The lowest BCUT2D eigenvalue weighted by atomic mass is 9.96. The molecule has 0 aromatic rings. The van der Waals surface area contributed by atoms with Crippen LogP contribution >= 0.6 is 0 Å². The second-order valence-electron chi connectivity index (χ2n) is 5.37. The fourth-order valence-electron chi connectivity index (χ4n) is 2.99. The lowest BCUT2D eigenvalue weighted by Gasteiger charge is -2.34. The second kappa shape index (κ2) is 5.99. The monoisotopic (exact) mass is 226 g/mol. The van der Waals surface area contributed by atoms with E-state index in [1.165, 1.54) is 39.0 Å². The van der Waals surface area contributed by atoms with Crippen LogP contribution in [0.1, 0.15) is 26.7 Å². The van der Waals surface area contributed by atoms with E-state index < -0.39 is 0 Å². The van der Waals surface area contributed by atoms with E-state index in [0.29, 0.717) is 6.10 Å². The molecule has 1 unspecified atom stereocenters. The lowest BCUT2D eigenvalue weighted by Crippen LogP contribution is -2.43. The summed E-state index contributed by atoms with van der Waals surface area (Å²) in [6, 6.07) is 0. The average Bonchev–Trinajstić information content (AvgIpc) is 2.66. The molecule has 0 spiro atoms. The van der Waals surface area contributed by atoms with Gasteiger partial charge in [-0.2, -0.15) is 0 Å². The first-order chi connectivity index (χ1) is 7.79. The minimum Gasteiger partial charge on any atom is -0.377 e. The Morgan fingerprint density at radius 2 is 2.25 bits per heavy atom. The summed E-state index contributed by atoms with van der Waals surface area (Å²) in [6.07, 6.45) is 3.05. The van der Waals surface area contributed by atoms with Crippen LogP contribution in [0, 0.1) is 11.8 Å². The highest BCUT2D eigenvalue weighted by Crippen LogP contribution is 2.20. The molecule has 3 heteroatoms. The van der Waals surface area contributed by atoms with Crippen molar-refractivity contribution < 1.29 is 4.74 Å². The third-order valence-corrected chi connectivity index (χ3v) is 4.03. The maximum Gasteiger partial charge on any atom is 0.0702 e. The molecule has 2 saturated heterocycles. The molecule has 0 bridgehead atoms. The molecule has 0 amide bonds. The molecule has 2 aliphatic heterocycles. The Morgan fingerprint density at radius 1 is 1.38 bits per heavy atom. The maximum absolute atomic E-state index is 5.75. The average molecular weight is 226 g/mol. The highest BCUT2D eigenvalue weighted by atomic mass is 16.5. The minimum absolute atomic E-state index is 0.489. The van der Waals surface area contributed by atoms with Crippen LogP contribution in [-0.4, -0.2) is 50.3 Å². The molecule has 0 aromatic carbocycles. The maximum atomic E-state index is 5.75. The first kappa shape index (κ1) is 12.3. The molecule has 0 saturated carbocycles. The SMILES string of the molecule is CCOC1CCCN(C[C@@H]2CNC[C@H]2C)C1. The van der Waals surface area contributed by atoms with Crippen LogP contribution in [0.3, 0.4) is 0 Å². The number of rotatable bonds is 4. The molecule has 94 valence electrons. The summed E-state index contributed by atoms with van der Waals surface area (Å²) >= 11 is 0. The number of ether oxygens (including phenoxy) is 1. The van der Waals surface area contributed by atoms with Crippen LogP contribution in [0.15, 0.2) is 0 Å². The summed E-state index contributed by atoms with van der Waals surface area (Å²) in [7, 11) is 0. The van der Waals surface area contributed by atoms with Gasteiger partial charge in [-0.1, -0.05) is 6.92 Å². The van der Waals surface area contributed by atoms with Crippen molar-refractivity contribution in [3.8, 4) is 0 Å². The molecule has 1 N–H and O–H groups in total. The highest BCUT2D eigenvalue weighted by molar-refractivity contribution is 4.83. The van der Waals surface area contributed by atoms with E-state index in [1.807, 2.05) is 0 Å². The van der Waals surface area contributed by atoms with Crippen molar-refractivity contribution in [1.82, 2.24) is 10.2 Å².